The van der Waals surface area contributed by atoms with E-state index in [1.54, 1.807) is 0 Å². The summed E-state index contributed by atoms with van der Waals surface area (Å²) in [5, 5.41) is 5.96. The van der Waals surface area contributed by atoms with E-state index < -0.39 is 5.54 Å². The molecule has 4 nitrogen and oxygen atoms in total. The number of rotatable bonds is 3. The molecule has 0 bridgehead atoms. The zero-order valence-electron chi connectivity index (χ0n) is 10.1. The number of hydrogen-bond acceptors (Lipinski definition) is 2. The maximum atomic E-state index is 11.8. The minimum absolute atomic E-state index is 0.109. The van der Waals surface area contributed by atoms with Crippen LogP contribution < -0.4 is 16.4 Å². The highest BCUT2D eigenvalue weighted by Crippen LogP contribution is 2.28. The molecule has 96 valence electrons. The molecule has 2 rings (SSSR count). The molecule has 2 aliphatic rings. The third kappa shape index (κ3) is 3.31. The van der Waals surface area contributed by atoms with Crippen LogP contribution in [0.1, 0.15) is 51.4 Å². The van der Waals surface area contributed by atoms with Crippen molar-refractivity contribution < 1.29 is 4.79 Å². The first kappa shape index (κ1) is 12.6. The molecule has 0 aromatic heterocycles. The number of amides is 2. The Hall–Kier alpha value is -0.840. The Morgan fingerprint density at radius 1 is 1.18 bits per heavy atom. The lowest BCUT2D eigenvalue weighted by Crippen LogP contribution is -2.59. The van der Waals surface area contributed by atoms with E-state index in [0.717, 1.165) is 38.5 Å². The Labute approximate surface area is 108 Å². The Bertz CT molecular complexity index is 307. The van der Waals surface area contributed by atoms with Crippen molar-refractivity contribution in [3.63, 3.8) is 0 Å². The van der Waals surface area contributed by atoms with Crippen LogP contribution >= 0.6 is 12.2 Å². The molecule has 0 aromatic rings. The van der Waals surface area contributed by atoms with E-state index in [9.17, 15) is 4.79 Å². The highest BCUT2D eigenvalue weighted by Gasteiger charge is 2.36. The van der Waals surface area contributed by atoms with Crippen molar-refractivity contribution in [3.05, 3.63) is 0 Å². The fourth-order valence-corrected chi connectivity index (χ4v) is 2.69. The molecule has 2 aliphatic carbocycles. The number of urea groups is 1. The predicted molar refractivity (Wildman–Crippen MR) is 71.9 cm³/mol. The number of thiocarbonyl (C=S) groups is 1. The van der Waals surface area contributed by atoms with Crippen molar-refractivity contribution in [3.8, 4) is 0 Å². The van der Waals surface area contributed by atoms with E-state index in [4.69, 9.17) is 18.0 Å². The first-order valence-electron chi connectivity index (χ1n) is 6.51. The summed E-state index contributed by atoms with van der Waals surface area (Å²) in [6, 6.07) is 0.256. The van der Waals surface area contributed by atoms with Gasteiger partial charge in [0.2, 0.25) is 0 Å². The summed E-state index contributed by atoms with van der Waals surface area (Å²) in [6.07, 6.45) is 8.51. The minimum Gasteiger partial charge on any atom is -0.391 e. The van der Waals surface area contributed by atoms with E-state index in [1.807, 2.05) is 0 Å². The van der Waals surface area contributed by atoms with Gasteiger partial charge in [-0.15, -0.1) is 0 Å². The van der Waals surface area contributed by atoms with Gasteiger partial charge in [-0.2, -0.15) is 0 Å². The second-order valence-corrected chi connectivity index (χ2v) is 5.67. The minimum atomic E-state index is -0.454. The molecule has 2 amide bonds. The SMILES string of the molecule is NC(=S)C1(NC(=O)NC2CC2)CCCCCC1. The van der Waals surface area contributed by atoms with Crippen LogP contribution in [-0.2, 0) is 0 Å². The molecular weight excluding hydrogens is 234 g/mol. The summed E-state index contributed by atoms with van der Waals surface area (Å²) in [5.41, 5.74) is 5.40. The quantitative estimate of drug-likeness (QED) is 0.532. The Kier molecular flexibility index (Phi) is 3.86. The predicted octanol–water partition coefficient (Wildman–Crippen LogP) is 1.83. The lowest BCUT2D eigenvalue weighted by Gasteiger charge is -2.32. The third-order valence-corrected chi connectivity index (χ3v) is 4.08. The van der Waals surface area contributed by atoms with Gasteiger partial charge in [-0.05, 0) is 25.7 Å². The summed E-state index contributed by atoms with van der Waals surface area (Å²) in [4.78, 5) is 12.3. The monoisotopic (exact) mass is 255 g/mol. The van der Waals surface area contributed by atoms with Crippen LogP contribution in [0, 0.1) is 0 Å². The highest BCUT2D eigenvalue weighted by atomic mass is 32.1. The molecule has 5 heteroatoms. The fourth-order valence-electron chi connectivity index (χ4n) is 2.43. The largest absolute Gasteiger partial charge is 0.391 e. The zero-order chi connectivity index (χ0) is 12.3. The molecule has 17 heavy (non-hydrogen) atoms. The first-order chi connectivity index (χ1) is 8.12. The first-order valence-corrected chi connectivity index (χ1v) is 6.92. The van der Waals surface area contributed by atoms with Gasteiger partial charge in [-0.25, -0.2) is 4.79 Å². The third-order valence-electron chi connectivity index (χ3n) is 3.69. The molecule has 2 saturated carbocycles. The van der Waals surface area contributed by atoms with Crippen molar-refractivity contribution in [1.82, 2.24) is 10.6 Å². The number of nitrogens with two attached hydrogens (primary N) is 1. The molecule has 2 fully saturated rings. The van der Waals surface area contributed by atoms with Crippen LogP contribution in [0.2, 0.25) is 0 Å². The van der Waals surface area contributed by atoms with E-state index >= 15 is 0 Å². The Balaban J connectivity index is 1.98. The lowest BCUT2D eigenvalue weighted by atomic mass is 9.90. The summed E-state index contributed by atoms with van der Waals surface area (Å²) in [5.74, 6) is 0. The normalized spacial score (nSPS) is 23.5. The maximum absolute atomic E-state index is 11.8. The van der Waals surface area contributed by atoms with Gasteiger partial charge in [0, 0.05) is 6.04 Å². The van der Waals surface area contributed by atoms with Crippen molar-refractivity contribution in [2.24, 2.45) is 5.73 Å². The van der Waals surface area contributed by atoms with E-state index in [-0.39, 0.29) is 6.03 Å². The van der Waals surface area contributed by atoms with Crippen LogP contribution in [0.25, 0.3) is 0 Å². The molecule has 0 saturated heterocycles. The lowest BCUT2D eigenvalue weighted by molar-refractivity contribution is 0.230. The van der Waals surface area contributed by atoms with Crippen LogP contribution in [0.15, 0.2) is 0 Å². The molecule has 0 aromatic carbocycles. The van der Waals surface area contributed by atoms with E-state index in [0.29, 0.717) is 11.0 Å². The highest BCUT2D eigenvalue weighted by molar-refractivity contribution is 7.80. The number of carbonyl (C=O) groups is 1. The van der Waals surface area contributed by atoms with Gasteiger partial charge in [-0.3, -0.25) is 0 Å². The second-order valence-electron chi connectivity index (χ2n) is 5.23. The van der Waals surface area contributed by atoms with Crippen molar-refractivity contribution in [1.29, 1.82) is 0 Å². The summed E-state index contributed by atoms with van der Waals surface area (Å²) in [6.45, 7) is 0. The van der Waals surface area contributed by atoms with Crippen molar-refractivity contribution >= 4 is 23.2 Å². The van der Waals surface area contributed by atoms with E-state index in [2.05, 4.69) is 10.6 Å². The Morgan fingerprint density at radius 2 is 1.76 bits per heavy atom. The van der Waals surface area contributed by atoms with Gasteiger partial charge in [0.25, 0.3) is 0 Å². The van der Waals surface area contributed by atoms with Crippen LogP contribution in [0.3, 0.4) is 0 Å². The fraction of sp³-hybridized carbons (Fsp3) is 0.833. The molecule has 0 spiro atoms. The van der Waals surface area contributed by atoms with Crippen molar-refractivity contribution in [2.45, 2.75) is 62.9 Å². The Morgan fingerprint density at radius 3 is 2.24 bits per heavy atom. The molecule has 0 aliphatic heterocycles. The summed E-state index contributed by atoms with van der Waals surface area (Å²) >= 11 is 5.17. The summed E-state index contributed by atoms with van der Waals surface area (Å²) < 4.78 is 0. The topological polar surface area (TPSA) is 67.1 Å². The standard InChI is InChI=1S/C12H21N3OS/c13-10(17)12(7-3-1-2-4-8-12)15-11(16)14-9-5-6-9/h9H,1-8H2,(H2,13,17)(H2,14,15,16). The zero-order valence-corrected chi connectivity index (χ0v) is 10.9. The average Bonchev–Trinajstić information content (AvgIpc) is 3.05. The summed E-state index contributed by atoms with van der Waals surface area (Å²) in [7, 11) is 0. The molecule has 0 atom stereocenters. The smallest absolute Gasteiger partial charge is 0.315 e. The molecule has 0 heterocycles. The maximum Gasteiger partial charge on any atom is 0.315 e. The molecular formula is C12H21N3OS. The van der Waals surface area contributed by atoms with Gasteiger partial charge in [-0.1, -0.05) is 37.9 Å². The average molecular weight is 255 g/mol. The van der Waals surface area contributed by atoms with Gasteiger partial charge in [0.1, 0.15) is 0 Å². The number of carbonyl (C=O) groups excluding carboxylic acids is 1. The molecule has 4 N–H and O–H groups in total. The number of hydrogen-bond donors (Lipinski definition) is 3. The van der Waals surface area contributed by atoms with Crippen LogP contribution in [0.5, 0.6) is 0 Å². The number of nitrogens with one attached hydrogen (secondary N) is 2. The van der Waals surface area contributed by atoms with Gasteiger partial charge in [0.15, 0.2) is 0 Å². The van der Waals surface area contributed by atoms with Crippen molar-refractivity contribution in [2.75, 3.05) is 0 Å². The van der Waals surface area contributed by atoms with Crippen LogP contribution in [0.4, 0.5) is 4.79 Å². The van der Waals surface area contributed by atoms with E-state index in [1.165, 1.54) is 12.8 Å². The molecule has 0 unspecified atom stereocenters. The van der Waals surface area contributed by atoms with Crippen LogP contribution in [-0.4, -0.2) is 22.6 Å². The molecule has 0 radical (unpaired) electrons. The second kappa shape index (κ2) is 5.21. The van der Waals surface area contributed by atoms with Gasteiger partial charge >= 0.3 is 6.03 Å². The van der Waals surface area contributed by atoms with Gasteiger partial charge in [0.05, 0.1) is 10.5 Å². The van der Waals surface area contributed by atoms with Gasteiger partial charge < -0.3 is 16.4 Å².